The summed E-state index contributed by atoms with van der Waals surface area (Å²) in [5.74, 6) is 0.876. The number of rotatable bonds is 6. The Morgan fingerprint density at radius 2 is 1.85 bits per heavy atom. The fraction of sp³-hybridized carbons (Fsp3) is 0.300. The SMILES string of the molecule is CCc1c(C)sc2nc(C)nc(SCC(=O)Nc3ccc(C(C)=O)cc3)c12. The third kappa shape index (κ3) is 4.36. The number of fused-ring (bicyclic) bond motifs is 1. The van der Waals surface area contributed by atoms with Gasteiger partial charge in [0.15, 0.2) is 5.78 Å². The van der Waals surface area contributed by atoms with Gasteiger partial charge in [0, 0.05) is 21.5 Å². The van der Waals surface area contributed by atoms with E-state index in [1.54, 1.807) is 35.6 Å². The topological polar surface area (TPSA) is 72.0 Å². The number of thioether (sulfide) groups is 1. The molecule has 5 nitrogen and oxygen atoms in total. The Bertz CT molecular complexity index is 1010. The molecule has 0 atom stereocenters. The zero-order chi connectivity index (χ0) is 19.6. The van der Waals surface area contributed by atoms with Crippen molar-refractivity contribution in [3.05, 3.63) is 46.1 Å². The zero-order valence-corrected chi connectivity index (χ0v) is 17.4. The number of carbonyl (C=O) groups is 2. The number of nitrogens with one attached hydrogen (secondary N) is 1. The summed E-state index contributed by atoms with van der Waals surface area (Å²) in [6.45, 7) is 7.62. The number of hydrogen-bond acceptors (Lipinski definition) is 6. The van der Waals surface area contributed by atoms with E-state index in [1.807, 2.05) is 6.92 Å². The maximum Gasteiger partial charge on any atom is 0.234 e. The summed E-state index contributed by atoms with van der Waals surface area (Å²) >= 11 is 3.11. The largest absolute Gasteiger partial charge is 0.325 e. The molecule has 0 aliphatic carbocycles. The number of ketones is 1. The first kappa shape index (κ1) is 19.5. The van der Waals surface area contributed by atoms with E-state index in [9.17, 15) is 9.59 Å². The van der Waals surface area contributed by atoms with Crippen molar-refractivity contribution in [3.8, 4) is 0 Å². The molecule has 0 aliphatic heterocycles. The molecule has 27 heavy (non-hydrogen) atoms. The van der Waals surface area contributed by atoms with Crippen molar-refractivity contribution in [2.75, 3.05) is 11.1 Å². The maximum atomic E-state index is 12.3. The van der Waals surface area contributed by atoms with Crippen LogP contribution >= 0.6 is 23.1 Å². The second-order valence-electron chi connectivity index (χ2n) is 6.22. The van der Waals surface area contributed by atoms with Gasteiger partial charge in [-0.1, -0.05) is 18.7 Å². The molecule has 0 aliphatic rings. The van der Waals surface area contributed by atoms with Crippen LogP contribution < -0.4 is 5.32 Å². The van der Waals surface area contributed by atoms with Crippen molar-refractivity contribution in [1.82, 2.24) is 9.97 Å². The van der Waals surface area contributed by atoms with Crippen LogP contribution in [-0.2, 0) is 11.2 Å². The third-order valence-corrected chi connectivity index (χ3v) is 6.22. The van der Waals surface area contributed by atoms with Crippen molar-refractivity contribution in [2.45, 2.75) is 39.1 Å². The summed E-state index contributed by atoms with van der Waals surface area (Å²) in [6.07, 6.45) is 0.917. The van der Waals surface area contributed by atoms with Gasteiger partial charge in [0.2, 0.25) is 5.91 Å². The van der Waals surface area contributed by atoms with Crippen LogP contribution in [0, 0.1) is 13.8 Å². The lowest BCUT2D eigenvalue weighted by Crippen LogP contribution is -2.14. The quantitative estimate of drug-likeness (QED) is 0.366. The molecular weight excluding hydrogens is 378 g/mol. The van der Waals surface area contributed by atoms with Crippen LogP contribution in [0.25, 0.3) is 10.2 Å². The van der Waals surface area contributed by atoms with Crippen LogP contribution in [0.5, 0.6) is 0 Å². The monoisotopic (exact) mass is 399 g/mol. The van der Waals surface area contributed by atoms with Gasteiger partial charge in [-0.05, 0) is 57.0 Å². The van der Waals surface area contributed by atoms with Gasteiger partial charge in [-0.2, -0.15) is 0 Å². The summed E-state index contributed by atoms with van der Waals surface area (Å²) < 4.78 is 0. The van der Waals surface area contributed by atoms with Gasteiger partial charge in [0.25, 0.3) is 0 Å². The van der Waals surface area contributed by atoms with Crippen molar-refractivity contribution in [2.24, 2.45) is 0 Å². The molecule has 7 heteroatoms. The first-order valence-corrected chi connectivity index (χ1v) is 10.5. The molecular formula is C20H21N3O2S2. The molecule has 0 bridgehead atoms. The molecule has 1 aromatic carbocycles. The average Bonchev–Trinajstić information content (AvgIpc) is 2.94. The van der Waals surface area contributed by atoms with Crippen LogP contribution in [0.15, 0.2) is 29.3 Å². The Kier molecular flexibility index (Phi) is 5.92. The van der Waals surface area contributed by atoms with Gasteiger partial charge < -0.3 is 5.32 Å². The normalized spacial score (nSPS) is 11.0. The number of aromatic nitrogens is 2. The summed E-state index contributed by atoms with van der Waals surface area (Å²) in [5, 5.41) is 4.80. The standard InChI is InChI=1S/C20H21N3O2S2/c1-5-16-12(3)27-20-18(16)19(21-13(4)22-20)26-10-17(25)23-15-8-6-14(7-9-15)11(2)24/h6-9H,5,10H2,1-4H3,(H,23,25). The van der Waals surface area contributed by atoms with E-state index < -0.39 is 0 Å². The van der Waals surface area contributed by atoms with E-state index in [2.05, 4.69) is 29.1 Å². The van der Waals surface area contributed by atoms with Gasteiger partial charge >= 0.3 is 0 Å². The van der Waals surface area contributed by atoms with Gasteiger partial charge in [-0.25, -0.2) is 9.97 Å². The summed E-state index contributed by atoms with van der Waals surface area (Å²) in [6, 6.07) is 6.90. The number of Topliss-reactive ketones (excluding diaryl/α,β-unsaturated/α-hetero) is 1. The van der Waals surface area contributed by atoms with Crippen LogP contribution in [0.1, 0.15) is 40.5 Å². The van der Waals surface area contributed by atoms with Crippen molar-refractivity contribution in [1.29, 1.82) is 0 Å². The zero-order valence-electron chi connectivity index (χ0n) is 15.8. The molecule has 1 amide bonds. The van der Waals surface area contributed by atoms with E-state index >= 15 is 0 Å². The summed E-state index contributed by atoms with van der Waals surface area (Å²) in [5.41, 5.74) is 2.56. The third-order valence-electron chi connectivity index (χ3n) is 4.20. The molecule has 0 unspecified atom stereocenters. The highest BCUT2D eigenvalue weighted by Gasteiger charge is 2.16. The molecule has 1 N–H and O–H groups in total. The van der Waals surface area contributed by atoms with Gasteiger partial charge in [0.1, 0.15) is 15.7 Å². The predicted octanol–water partition coefficient (Wildman–Crippen LogP) is 4.80. The van der Waals surface area contributed by atoms with Crippen molar-refractivity contribution >= 4 is 50.7 Å². The molecule has 140 valence electrons. The van der Waals surface area contributed by atoms with E-state index in [0.29, 0.717) is 17.1 Å². The highest BCUT2D eigenvalue weighted by Crippen LogP contribution is 2.36. The number of carbonyl (C=O) groups excluding carboxylic acids is 2. The smallest absolute Gasteiger partial charge is 0.234 e. The number of aryl methyl sites for hydroxylation is 3. The molecule has 2 aromatic heterocycles. The van der Waals surface area contributed by atoms with E-state index in [4.69, 9.17) is 0 Å². The molecule has 0 radical (unpaired) electrons. The Morgan fingerprint density at radius 1 is 1.15 bits per heavy atom. The van der Waals surface area contributed by atoms with Gasteiger partial charge in [-0.3, -0.25) is 9.59 Å². The summed E-state index contributed by atoms with van der Waals surface area (Å²) in [7, 11) is 0. The minimum absolute atomic E-state index is 0.00404. The Balaban J connectivity index is 1.74. The van der Waals surface area contributed by atoms with Gasteiger partial charge in [0.05, 0.1) is 5.75 Å². The Morgan fingerprint density at radius 3 is 2.48 bits per heavy atom. The molecule has 0 saturated heterocycles. The predicted molar refractivity (Wildman–Crippen MR) is 112 cm³/mol. The van der Waals surface area contributed by atoms with Crippen molar-refractivity contribution in [3.63, 3.8) is 0 Å². The second kappa shape index (κ2) is 8.19. The van der Waals surface area contributed by atoms with Crippen molar-refractivity contribution < 1.29 is 9.59 Å². The van der Waals surface area contributed by atoms with E-state index in [1.165, 1.54) is 29.1 Å². The number of anilines is 1. The van der Waals surface area contributed by atoms with E-state index in [-0.39, 0.29) is 17.4 Å². The molecule has 2 heterocycles. The summed E-state index contributed by atoms with van der Waals surface area (Å²) in [4.78, 5) is 35.0. The molecule has 0 spiro atoms. The van der Waals surface area contributed by atoms with Gasteiger partial charge in [-0.15, -0.1) is 11.3 Å². The first-order chi connectivity index (χ1) is 12.9. The number of benzene rings is 1. The van der Waals surface area contributed by atoms with Crippen LogP contribution in [0.4, 0.5) is 5.69 Å². The fourth-order valence-corrected chi connectivity index (χ4v) is 5.01. The van der Waals surface area contributed by atoms with E-state index in [0.717, 1.165) is 21.7 Å². The minimum Gasteiger partial charge on any atom is -0.325 e. The van der Waals surface area contributed by atoms with Crippen LogP contribution in [-0.4, -0.2) is 27.4 Å². The highest BCUT2D eigenvalue weighted by atomic mass is 32.2. The lowest BCUT2D eigenvalue weighted by molar-refractivity contribution is -0.113. The average molecular weight is 400 g/mol. The lowest BCUT2D eigenvalue weighted by atomic mass is 10.1. The first-order valence-electron chi connectivity index (χ1n) is 8.69. The minimum atomic E-state index is -0.106. The fourth-order valence-electron chi connectivity index (χ4n) is 2.89. The molecule has 3 rings (SSSR count). The number of thiophene rings is 1. The Labute approximate surface area is 166 Å². The van der Waals surface area contributed by atoms with Crippen LogP contribution in [0.2, 0.25) is 0 Å². The maximum absolute atomic E-state index is 12.3. The second-order valence-corrected chi connectivity index (χ2v) is 8.38. The molecule has 0 saturated carbocycles. The number of amides is 1. The molecule has 0 fully saturated rings. The number of hydrogen-bond donors (Lipinski definition) is 1. The Hall–Kier alpha value is -2.25. The highest BCUT2D eigenvalue weighted by molar-refractivity contribution is 8.00. The number of nitrogens with zero attached hydrogens (tertiary/aromatic N) is 2. The lowest BCUT2D eigenvalue weighted by Gasteiger charge is -2.08. The van der Waals surface area contributed by atoms with Crippen LogP contribution in [0.3, 0.4) is 0 Å². The molecule has 3 aromatic rings.